The number of Topliss-reactive ketones (excluding diaryl/α,β-unsaturated/α-hetero) is 1. The van der Waals surface area contributed by atoms with Crippen LogP contribution in [0.4, 0.5) is 0 Å². The topological polar surface area (TPSA) is 153 Å². The first-order chi connectivity index (χ1) is 27.5. The van der Waals surface area contributed by atoms with Gasteiger partial charge < -0.3 is 44.3 Å². The predicted octanol–water partition coefficient (Wildman–Crippen LogP) is 7.20. The van der Waals surface area contributed by atoms with E-state index in [0.717, 1.165) is 32.1 Å². The molecule has 2 unspecified atom stereocenters. The summed E-state index contributed by atoms with van der Waals surface area (Å²) in [6, 6.07) is -0.264. The summed E-state index contributed by atoms with van der Waals surface area (Å²) in [5, 5.41) is 36.5. The van der Waals surface area contributed by atoms with E-state index in [2.05, 4.69) is 45.0 Å². The van der Waals surface area contributed by atoms with Gasteiger partial charge in [-0.25, -0.2) is 0 Å². The van der Waals surface area contributed by atoms with Crippen LogP contribution in [-0.2, 0) is 33.3 Å². The van der Waals surface area contributed by atoms with Crippen LogP contribution in [0.15, 0.2) is 12.2 Å². The molecule has 0 aromatic carbocycles. The first-order valence-corrected chi connectivity index (χ1v) is 22.9. The van der Waals surface area contributed by atoms with E-state index >= 15 is 0 Å². The summed E-state index contributed by atoms with van der Waals surface area (Å²) >= 11 is 0. The third-order valence-corrected chi connectivity index (χ3v) is 15.0. The zero-order valence-electron chi connectivity index (χ0n) is 37.0. The third-order valence-electron chi connectivity index (χ3n) is 15.0. The van der Waals surface area contributed by atoms with Gasteiger partial charge in [0.15, 0.2) is 11.6 Å². The van der Waals surface area contributed by atoms with E-state index in [4.69, 9.17) is 30.1 Å². The van der Waals surface area contributed by atoms with E-state index in [1.54, 1.807) is 0 Å². The first kappa shape index (κ1) is 47.2. The van der Waals surface area contributed by atoms with Gasteiger partial charge in [0.2, 0.25) is 0 Å². The number of terminal acetylenes is 1. The molecule has 5 heterocycles. The van der Waals surface area contributed by atoms with E-state index in [1.807, 2.05) is 40.7 Å². The maximum atomic E-state index is 14.7. The van der Waals surface area contributed by atoms with Crippen LogP contribution in [0, 0.1) is 53.8 Å². The molecule has 4 saturated heterocycles. The standard InChI is InChI=1S/C47H77NO10/c1-11-15-16-26-48-39-22-25-46(58-47(39)24-21-38(56-47)37-20-23-45(53,14-4)33(10)54-37)30(7)27-29(6)43(57-46)35(17-12-2)41(50)31(8)40(49)32(9)42-28(5)18-19-36(55-42)34(13-3)44(51)52/h1,22,25,28-40,42-43,48-49,53H,12-21,23-24,26-27H2,2-10H3,(H,51,52)/t28-,29-,30+,31-,32-,33-,34?,35-,36+,37+,38-,39+,40+,42?,43-,45+,46-,47-/m0/s1. The lowest BCUT2D eigenvalue weighted by atomic mass is 9.72. The summed E-state index contributed by atoms with van der Waals surface area (Å²) in [5.41, 5.74) is -0.845. The second kappa shape index (κ2) is 19.9. The van der Waals surface area contributed by atoms with Gasteiger partial charge in [-0.05, 0) is 95.6 Å². The number of carbonyl (C=O) groups excluding carboxylic acids is 1. The quantitative estimate of drug-likeness (QED) is 0.0670. The molecular formula is C47H77NO10. The van der Waals surface area contributed by atoms with E-state index in [0.29, 0.717) is 57.9 Å². The highest BCUT2D eigenvalue weighted by Gasteiger charge is 2.60. The van der Waals surface area contributed by atoms with E-state index < -0.39 is 59.2 Å². The van der Waals surface area contributed by atoms with Gasteiger partial charge in [-0.1, -0.05) is 67.9 Å². The van der Waals surface area contributed by atoms with Crippen molar-refractivity contribution in [3.8, 4) is 12.3 Å². The molecule has 0 aromatic heterocycles. The Morgan fingerprint density at radius 1 is 0.948 bits per heavy atom. The Hall–Kier alpha value is -1.88. The number of rotatable bonds is 17. The second-order valence-corrected chi connectivity index (χ2v) is 18.9. The summed E-state index contributed by atoms with van der Waals surface area (Å²) in [4.78, 5) is 26.7. The fraction of sp³-hybridized carbons (Fsp3) is 0.872. The normalized spacial score (nSPS) is 41.8. The average Bonchev–Trinajstić information content (AvgIpc) is 3.62. The number of aliphatic carboxylic acids is 1. The largest absolute Gasteiger partial charge is 0.481 e. The lowest BCUT2D eigenvalue weighted by Gasteiger charge is -2.54. The van der Waals surface area contributed by atoms with Gasteiger partial charge in [-0.2, -0.15) is 0 Å². The van der Waals surface area contributed by atoms with Crippen molar-refractivity contribution < 1.29 is 48.6 Å². The lowest BCUT2D eigenvalue weighted by molar-refractivity contribution is -0.390. The minimum atomic E-state index is -1.14. The molecule has 5 rings (SSSR count). The number of ketones is 1. The second-order valence-electron chi connectivity index (χ2n) is 18.9. The Kier molecular flexibility index (Phi) is 16.2. The molecule has 2 spiro atoms. The third kappa shape index (κ3) is 9.75. The summed E-state index contributed by atoms with van der Waals surface area (Å²) in [6.45, 7) is 18.7. The van der Waals surface area contributed by atoms with Gasteiger partial charge >= 0.3 is 5.97 Å². The van der Waals surface area contributed by atoms with E-state index in [-0.39, 0.29) is 59.9 Å². The number of aliphatic hydroxyl groups excluding tert-OH is 1. The number of carboxylic acids is 1. The van der Waals surface area contributed by atoms with Gasteiger partial charge in [0.05, 0.1) is 60.3 Å². The van der Waals surface area contributed by atoms with Crippen molar-refractivity contribution in [3.63, 3.8) is 0 Å². The fourth-order valence-corrected chi connectivity index (χ4v) is 11.1. The van der Waals surface area contributed by atoms with Crippen LogP contribution in [0.2, 0.25) is 0 Å². The van der Waals surface area contributed by atoms with Gasteiger partial charge in [-0.15, -0.1) is 12.3 Å². The minimum absolute atomic E-state index is 0.0323. The average molecular weight is 816 g/mol. The number of hydrogen-bond donors (Lipinski definition) is 4. The van der Waals surface area contributed by atoms with E-state index in [1.165, 1.54) is 0 Å². The van der Waals surface area contributed by atoms with Crippen molar-refractivity contribution in [3.05, 3.63) is 12.2 Å². The monoisotopic (exact) mass is 816 g/mol. The highest BCUT2D eigenvalue weighted by atomic mass is 16.8. The van der Waals surface area contributed by atoms with Crippen molar-refractivity contribution >= 4 is 11.8 Å². The van der Waals surface area contributed by atoms with Gasteiger partial charge in [0.1, 0.15) is 5.78 Å². The Balaban J connectivity index is 1.36. The Bertz CT molecular complexity index is 1450. The number of aliphatic hydroxyl groups is 2. The molecule has 0 radical (unpaired) electrons. The van der Waals surface area contributed by atoms with Crippen molar-refractivity contribution in [1.82, 2.24) is 5.32 Å². The Morgan fingerprint density at radius 2 is 1.67 bits per heavy atom. The van der Waals surface area contributed by atoms with Crippen molar-refractivity contribution in [1.29, 1.82) is 0 Å². The molecule has 4 fully saturated rings. The minimum Gasteiger partial charge on any atom is -0.481 e. The number of ether oxygens (including phenoxy) is 5. The Morgan fingerprint density at radius 3 is 2.31 bits per heavy atom. The molecule has 5 aliphatic heterocycles. The molecule has 330 valence electrons. The van der Waals surface area contributed by atoms with Gasteiger partial charge in [0.25, 0.3) is 0 Å². The number of carbonyl (C=O) groups is 2. The lowest BCUT2D eigenvalue weighted by Crippen LogP contribution is -2.64. The van der Waals surface area contributed by atoms with Crippen LogP contribution >= 0.6 is 0 Å². The van der Waals surface area contributed by atoms with Gasteiger partial charge in [0, 0.05) is 36.5 Å². The molecule has 0 aromatic rings. The van der Waals surface area contributed by atoms with Crippen LogP contribution in [-0.4, -0.2) is 99.6 Å². The summed E-state index contributed by atoms with van der Waals surface area (Å²) in [7, 11) is 0. The molecule has 11 heteroatoms. The summed E-state index contributed by atoms with van der Waals surface area (Å²) in [5.74, 6) is -2.38. The fourth-order valence-electron chi connectivity index (χ4n) is 11.1. The molecule has 0 bridgehead atoms. The molecule has 11 nitrogen and oxygen atoms in total. The molecule has 5 aliphatic rings. The highest BCUT2D eigenvalue weighted by Crippen LogP contribution is 2.51. The molecule has 4 N–H and O–H groups in total. The first-order valence-electron chi connectivity index (χ1n) is 22.9. The van der Waals surface area contributed by atoms with Crippen molar-refractivity contribution in [2.75, 3.05) is 6.54 Å². The SMILES string of the molecule is C#CCCCN[C@@H]1C=C[C@]2(O[C@H]([C@@H](CCC)C(=O)[C@@H](C)[C@@H](O)[C@H](C)C3O[C@@H](C(CC)C(=O)O)CC[C@@H]3C)[C@@H](C)C[C@H]2C)O[C@@]12CC[C@@H]([C@H]1CC[C@](O)(CC)[C@H](C)O1)O2. The molecular weight excluding hydrogens is 739 g/mol. The summed E-state index contributed by atoms with van der Waals surface area (Å²) < 4.78 is 34.4. The molecule has 18 atom stereocenters. The smallest absolute Gasteiger partial charge is 0.309 e. The molecule has 58 heavy (non-hydrogen) atoms. The van der Waals surface area contributed by atoms with E-state index in [9.17, 15) is 24.9 Å². The maximum absolute atomic E-state index is 14.7. The number of nitrogens with one attached hydrogen (secondary N) is 1. The highest BCUT2D eigenvalue weighted by molar-refractivity contribution is 5.84. The zero-order chi connectivity index (χ0) is 42.6. The number of unbranched alkanes of at least 4 members (excludes halogenated alkanes) is 1. The predicted molar refractivity (Wildman–Crippen MR) is 222 cm³/mol. The van der Waals surface area contributed by atoms with Gasteiger partial charge in [-0.3, -0.25) is 9.59 Å². The van der Waals surface area contributed by atoms with Crippen LogP contribution in [0.5, 0.6) is 0 Å². The van der Waals surface area contributed by atoms with Crippen LogP contribution in [0.3, 0.4) is 0 Å². The molecule has 0 amide bonds. The molecule has 0 aliphatic carbocycles. The molecule has 0 saturated carbocycles. The van der Waals surface area contributed by atoms with Crippen molar-refractivity contribution in [2.24, 2.45) is 41.4 Å². The zero-order valence-corrected chi connectivity index (χ0v) is 37.0. The number of carboxylic acid groups (broad SMARTS) is 1. The summed E-state index contributed by atoms with van der Waals surface area (Å²) in [6.07, 6.45) is 15.7. The maximum Gasteiger partial charge on any atom is 0.309 e. The van der Waals surface area contributed by atoms with Crippen LogP contribution in [0.1, 0.15) is 146 Å². The number of hydrogen-bond acceptors (Lipinski definition) is 10. The van der Waals surface area contributed by atoms with Crippen LogP contribution in [0.25, 0.3) is 0 Å². The Labute approximate surface area is 349 Å². The van der Waals surface area contributed by atoms with Crippen molar-refractivity contribution in [2.45, 2.75) is 212 Å². The van der Waals surface area contributed by atoms with Crippen LogP contribution < -0.4 is 5.32 Å².